The van der Waals surface area contributed by atoms with Gasteiger partial charge in [0, 0.05) is 17.1 Å². The van der Waals surface area contributed by atoms with Crippen molar-refractivity contribution in [3.8, 4) is 33.4 Å². The van der Waals surface area contributed by atoms with Crippen molar-refractivity contribution in [3.05, 3.63) is 317 Å². The molecular weight excluding hydrogens is 807 g/mol. The molecule has 0 unspecified atom stereocenters. The number of fused-ring (bicyclic) bond motifs is 7. The van der Waals surface area contributed by atoms with Crippen LogP contribution in [0.4, 0.5) is 17.1 Å². The maximum absolute atomic E-state index is 2.41. The van der Waals surface area contributed by atoms with E-state index >= 15 is 0 Å². The van der Waals surface area contributed by atoms with E-state index in [1.54, 1.807) is 0 Å². The number of rotatable bonds is 8. The van der Waals surface area contributed by atoms with Gasteiger partial charge < -0.3 is 4.90 Å². The maximum atomic E-state index is 2.41. The second-order valence-electron chi connectivity index (χ2n) is 17.9. The smallest absolute Gasteiger partial charge is 0.0713 e. The zero-order chi connectivity index (χ0) is 44.4. The summed E-state index contributed by atoms with van der Waals surface area (Å²) in [4.78, 5) is 2.41. The molecule has 2 aliphatic carbocycles. The van der Waals surface area contributed by atoms with Crippen molar-refractivity contribution in [2.45, 2.75) is 10.8 Å². The molecule has 0 heterocycles. The fourth-order valence-corrected chi connectivity index (χ4v) is 11.9. The third kappa shape index (κ3) is 5.81. The van der Waals surface area contributed by atoms with E-state index in [9.17, 15) is 0 Å². The van der Waals surface area contributed by atoms with E-state index in [-0.39, 0.29) is 0 Å². The molecule has 0 N–H and O–H groups in total. The minimum absolute atomic E-state index is 0.473. The molecule has 0 amide bonds. The molecule has 11 aromatic carbocycles. The van der Waals surface area contributed by atoms with Gasteiger partial charge in [0.15, 0.2) is 0 Å². The second-order valence-corrected chi connectivity index (χ2v) is 17.9. The Morgan fingerprint density at radius 2 is 0.537 bits per heavy atom. The predicted molar refractivity (Wildman–Crippen MR) is 279 cm³/mol. The minimum atomic E-state index is -0.473. The van der Waals surface area contributed by atoms with Crippen molar-refractivity contribution in [2.75, 3.05) is 4.90 Å². The van der Waals surface area contributed by atoms with Crippen LogP contribution >= 0.6 is 0 Å². The summed E-state index contributed by atoms with van der Waals surface area (Å²) in [5.41, 5.74) is 20.2. The molecule has 0 saturated carbocycles. The largest absolute Gasteiger partial charge is 0.311 e. The molecular formula is C66H45N. The van der Waals surface area contributed by atoms with Gasteiger partial charge in [-0.25, -0.2) is 0 Å². The van der Waals surface area contributed by atoms with Crippen LogP contribution in [0.1, 0.15) is 44.5 Å². The molecule has 1 heteroatoms. The Kier molecular flexibility index (Phi) is 9.05. The fourth-order valence-electron chi connectivity index (χ4n) is 11.9. The lowest BCUT2D eigenvalue weighted by atomic mass is 9.67. The average Bonchev–Trinajstić information content (AvgIpc) is 3.89. The molecule has 0 radical (unpaired) electrons. The Morgan fingerprint density at radius 3 is 0.970 bits per heavy atom. The average molecular weight is 852 g/mol. The van der Waals surface area contributed by atoms with Crippen LogP contribution in [0.5, 0.6) is 0 Å². The second kappa shape index (κ2) is 15.6. The van der Waals surface area contributed by atoms with Gasteiger partial charge >= 0.3 is 0 Å². The van der Waals surface area contributed by atoms with E-state index in [4.69, 9.17) is 0 Å². The van der Waals surface area contributed by atoms with Gasteiger partial charge in [0.25, 0.3) is 0 Å². The van der Waals surface area contributed by atoms with Crippen LogP contribution in [0.3, 0.4) is 0 Å². The lowest BCUT2D eigenvalue weighted by molar-refractivity contribution is 0.768. The van der Waals surface area contributed by atoms with E-state index in [1.165, 1.54) is 88.7 Å². The van der Waals surface area contributed by atoms with E-state index < -0.39 is 10.8 Å². The number of nitrogens with zero attached hydrogens (tertiary/aromatic N) is 1. The summed E-state index contributed by atoms with van der Waals surface area (Å²) in [5.74, 6) is 0. The van der Waals surface area contributed by atoms with Gasteiger partial charge in [-0.2, -0.15) is 0 Å². The van der Waals surface area contributed by atoms with Crippen molar-refractivity contribution in [1.29, 1.82) is 0 Å². The van der Waals surface area contributed by atoms with Gasteiger partial charge in [-0.05, 0) is 125 Å². The molecule has 67 heavy (non-hydrogen) atoms. The topological polar surface area (TPSA) is 3.24 Å². The van der Waals surface area contributed by atoms with Gasteiger partial charge in [0.1, 0.15) is 0 Å². The standard InChI is InChI=1S/C66H45N/c1-3-20-48(21-4-1)65(61-30-13-9-25-57(61)58-26-10-14-31-62(58)65)50-36-42-53(43-37-50)67(52-40-34-47(35-41-52)56-29-17-19-46-18-7-8-24-55(46)56)54-44-38-51(39-45-54)66(49-22-5-2-6-23-49)63-32-15-11-27-59(63)60-28-12-16-33-64(60)66/h1-45H. The van der Waals surface area contributed by atoms with Crippen LogP contribution in [-0.4, -0.2) is 0 Å². The third-order valence-electron chi connectivity index (χ3n) is 14.7. The van der Waals surface area contributed by atoms with E-state index in [0.717, 1.165) is 17.1 Å². The van der Waals surface area contributed by atoms with Crippen LogP contribution in [0.15, 0.2) is 273 Å². The van der Waals surface area contributed by atoms with Crippen LogP contribution in [0.2, 0.25) is 0 Å². The lowest BCUT2D eigenvalue weighted by Crippen LogP contribution is -2.28. The highest BCUT2D eigenvalue weighted by Crippen LogP contribution is 2.58. The van der Waals surface area contributed by atoms with Gasteiger partial charge in [-0.3, -0.25) is 0 Å². The predicted octanol–water partition coefficient (Wildman–Crippen LogP) is 16.7. The molecule has 0 saturated heterocycles. The van der Waals surface area contributed by atoms with Crippen LogP contribution in [0, 0.1) is 0 Å². The zero-order valence-electron chi connectivity index (χ0n) is 36.9. The fraction of sp³-hybridized carbons (Fsp3) is 0.0303. The number of anilines is 3. The molecule has 11 aromatic rings. The summed E-state index contributed by atoms with van der Waals surface area (Å²) >= 11 is 0. The van der Waals surface area contributed by atoms with Crippen molar-refractivity contribution in [1.82, 2.24) is 0 Å². The van der Waals surface area contributed by atoms with Crippen LogP contribution in [0.25, 0.3) is 44.2 Å². The SMILES string of the molecule is c1ccc(C2(c3ccc(N(c4ccc(-c5cccc6ccccc56)cc4)c4ccc(C5(c6ccccc6)c6ccccc6-c6ccccc65)cc4)cc3)c3ccccc3-c3ccccc32)cc1. The summed E-state index contributed by atoms with van der Waals surface area (Å²) < 4.78 is 0. The first-order valence-electron chi connectivity index (χ1n) is 23.3. The van der Waals surface area contributed by atoms with Crippen molar-refractivity contribution in [2.24, 2.45) is 0 Å². The quantitative estimate of drug-likeness (QED) is 0.147. The Morgan fingerprint density at radius 1 is 0.224 bits per heavy atom. The minimum Gasteiger partial charge on any atom is -0.311 e. The molecule has 314 valence electrons. The number of benzene rings is 11. The molecule has 0 fully saturated rings. The lowest BCUT2D eigenvalue weighted by Gasteiger charge is -2.35. The first kappa shape index (κ1) is 38.9. The molecule has 0 bridgehead atoms. The monoisotopic (exact) mass is 851 g/mol. The normalized spacial score (nSPS) is 13.6. The Labute approximate surface area is 392 Å². The first-order valence-corrected chi connectivity index (χ1v) is 23.3. The van der Waals surface area contributed by atoms with E-state index in [2.05, 4.69) is 278 Å². The number of hydrogen-bond donors (Lipinski definition) is 0. The summed E-state index contributed by atoms with van der Waals surface area (Å²) in [7, 11) is 0. The van der Waals surface area contributed by atoms with Gasteiger partial charge in [-0.1, -0.05) is 237 Å². The number of hydrogen-bond acceptors (Lipinski definition) is 1. The molecule has 0 aromatic heterocycles. The van der Waals surface area contributed by atoms with Crippen LogP contribution in [-0.2, 0) is 10.8 Å². The highest BCUT2D eigenvalue weighted by molar-refractivity contribution is 5.97. The Bertz CT molecular complexity index is 3330. The summed E-state index contributed by atoms with van der Waals surface area (Å²) in [6.07, 6.45) is 0. The van der Waals surface area contributed by atoms with Gasteiger partial charge in [-0.15, -0.1) is 0 Å². The van der Waals surface area contributed by atoms with E-state index in [0.29, 0.717) is 0 Å². The van der Waals surface area contributed by atoms with E-state index in [1.807, 2.05) is 0 Å². The summed E-state index contributed by atoms with van der Waals surface area (Å²) in [6, 6.07) is 101. The molecule has 0 aliphatic heterocycles. The van der Waals surface area contributed by atoms with Crippen molar-refractivity contribution >= 4 is 27.8 Å². The molecule has 2 aliphatic rings. The molecule has 0 spiro atoms. The third-order valence-corrected chi connectivity index (χ3v) is 14.7. The van der Waals surface area contributed by atoms with Gasteiger partial charge in [0.05, 0.1) is 10.8 Å². The zero-order valence-corrected chi connectivity index (χ0v) is 36.9. The molecule has 1 nitrogen and oxygen atoms in total. The Hall–Kier alpha value is -8.52. The van der Waals surface area contributed by atoms with Crippen LogP contribution < -0.4 is 4.90 Å². The van der Waals surface area contributed by atoms with Crippen molar-refractivity contribution < 1.29 is 0 Å². The molecule has 13 rings (SSSR count). The summed E-state index contributed by atoms with van der Waals surface area (Å²) in [5, 5.41) is 2.50. The highest BCUT2D eigenvalue weighted by atomic mass is 15.1. The van der Waals surface area contributed by atoms with Gasteiger partial charge in [0.2, 0.25) is 0 Å². The first-order chi connectivity index (χ1) is 33.2. The maximum Gasteiger partial charge on any atom is 0.0713 e. The Balaban J connectivity index is 0.980. The highest BCUT2D eigenvalue weighted by Gasteiger charge is 2.47. The van der Waals surface area contributed by atoms with Crippen molar-refractivity contribution in [3.63, 3.8) is 0 Å². The summed E-state index contributed by atoms with van der Waals surface area (Å²) in [6.45, 7) is 0. The molecule has 0 atom stereocenters.